The number of benzene rings is 1. The number of aliphatic hydroxyl groups is 1. The first-order chi connectivity index (χ1) is 9.78. The molecule has 106 valence electrons. The van der Waals surface area contributed by atoms with Crippen LogP contribution in [0, 0.1) is 5.82 Å². The minimum absolute atomic E-state index is 0.0829. The van der Waals surface area contributed by atoms with Crippen LogP contribution in [0.15, 0.2) is 29.4 Å². The molecule has 0 unspecified atom stereocenters. The molecule has 0 spiro atoms. The summed E-state index contributed by atoms with van der Waals surface area (Å²) in [4.78, 5) is 5.04. The van der Waals surface area contributed by atoms with Crippen molar-refractivity contribution in [3.63, 3.8) is 0 Å². The molecule has 0 aliphatic carbocycles. The van der Waals surface area contributed by atoms with Gasteiger partial charge in [0.05, 0.1) is 25.5 Å². The fourth-order valence-electron chi connectivity index (χ4n) is 2.42. The van der Waals surface area contributed by atoms with Gasteiger partial charge in [-0.1, -0.05) is 23.4 Å². The van der Waals surface area contributed by atoms with Crippen LogP contribution in [-0.4, -0.2) is 36.7 Å². The van der Waals surface area contributed by atoms with Crippen molar-refractivity contribution in [2.45, 2.75) is 18.9 Å². The second-order valence-electron chi connectivity index (χ2n) is 4.90. The molecule has 20 heavy (non-hydrogen) atoms. The van der Waals surface area contributed by atoms with Gasteiger partial charge in [0.25, 0.3) is 0 Å². The van der Waals surface area contributed by atoms with Gasteiger partial charge < -0.3 is 14.7 Å². The van der Waals surface area contributed by atoms with Crippen molar-refractivity contribution in [2.75, 3.05) is 19.8 Å². The van der Waals surface area contributed by atoms with Crippen LogP contribution in [-0.2, 0) is 9.57 Å². The minimum Gasteiger partial charge on any atom is -0.392 e. The van der Waals surface area contributed by atoms with E-state index >= 15 is 0 Å². The van der Waals surface area contributed by atoms with Crippen LogP contribution < -0.4 is 0 Å². The average Bonchev–Trinajstić information content (AvgIpc) is 2.97. The molecular formula is C15H16FNO3. The molecule has 0 saturated heterocycles. The third kappa shape index (κ3) is 2.59. The van der Waals surface area contributed by atoms with E-state index in [1.165, 1.54) is 6.07 Å². The normalized spacial score (nSPS) is 22.2. The van der Waals surface area contributed by atoms with Crippen LogP contribution in [0.3, 0.4) is 0 Å². The highest BCUT2D eigenvalue weighted by Gasteiger charge is 2.22. The number of aliphatic hydroxyl groups excluding tert-OH is 1. The summed E-state index contributed by atoms with van der Waals surface area (Å²) in [5, 5.41) is 12.9. The molecule has 0 aromatic heterocycles. The van der Waals surface area contributed by atoms with Crippen LogP contribution >= 0.6 is 0 Å². The Balaban J connectivity index is 1.83. The molecule has 3 rings (SSSR count). The molecule has 1 aromatic rings. The largest absolute Gasteiger partial charge is 0.392 e. The third-order valence-corrected chi connectivity index (χ3v) is 3.55. The number of rotatable bonds is 3. The van der Waals surface area contributed by atoms with Crippen LogP contribution in [0.25, 0.3) is 5.57 Å². The Morgan fingerprint density at radius 3 is 2.95 bits per heavy atom. The van der Waals surface area contributed by atoms with E-state index in [2.05, 4.69) is 5.16 Å². The summed E-state index contributed by atoms with van der Waals surface area (Å²) in [6.45, 7) is 1.08. The van der Waals surface area contributed by atoms with Crippen LogP contribution in [0.2, 0.25) is 0 Å². The van der Waals surface area contributed by atoms with Crippen molar-refractivity contribution < 1.29 is 19.1 Å². The first kappa shape index (κ1) is 13.3. The van der Waals surface area contributed by atoms with Crippen molar-refractivity contribution in [1.29, 1.82) is 0 Å². The van der Waals surface area contributed by atoms with E-state index in [4.69, 9.17) is 14.7 Å². The lowest BCUT2D eigenvalue weighted by Gasteiger charge is -2.14. The number of hydrogen-bond acceptors (Lipinski definition) is 4. The summed E-state index contributed by atoms with van der Waals surface area (Å²) < 4.78 is 19.5. The van der Waals surface area contributed by atoms with Gasteiger partial charge in [0.2, 0.25) is 0 Å². The van der Waals surface area contributed by atoms with Gasteiger partial charge in [-0.25, -0.2) is 4.39 Å². The van der Waals surface area contributed by atoms with E-state index in [1.807, 2.05) is 12.1 Å². The van der Waals surface area contributed by atoms with Gasteiger partial charge in [0, 0.05) is 17.5 Å². The molecular weight excluding hydrogens is 261 g/mol. The fourth-order valence-corrected chi connectivity index (χ4v) is 2.42. The Labute approximate surface area is 116 Å². The molecule has 5 heteroatoms. The Morgan fingerprint density at radius 1 is 1.40 bits per heavy atom. The van der Waals surface area contributed by atoms with E-state index in [1.54, 1.807) is 6.07 Å². The van der Waals surface area contributed by atoms with E-state index in [0.29, 0.717) is 36.5 Å². The summed E-state index contributed by atoms with van der Waals surface area (Å²) in [6, 6.07) is 5.10. The Hall–Kier alpha value is -1.72. The van der Waals surface area contributed by atoms with E-state index < -0.39 is 0 Å². The molecule has 0 fully saturated rings. The second kappa shape index (κ2) is 5.73. The molecule has 0 radical (unpaired) electrons. The third-order valence-electron chi connectivity index (χ3n) is 3.55. The predicted molar refractivity (Wildman–Crippen MR) is 72.9 cm³/mol. The van der Waals surface area contributed by atoms with E-state index in [-0.39, 0.29) is 18.5 Å². The first-order valence-electron chi connectivity index (χ1n) is 6.68. The lowest BCUT2D eigenvalue weighted by molar-refractivity contribution is 0.0390. The number of halogens is 1. The Morgan fingerprint density at radius 2 is 2.30 bits per heavy atom. The maximum atomic E-state index is 14.2. The van der Waals surface area contributed by atoms with Gasteiger partial charge >= 0.3 is 0 Å². The predicted octanol–water partition coefficient (Wildman–Crippen LogP) is 2.11. The molecule has 4 nitrogen and oxygen atoms in total. The molecule has 0 bridgehead atoms. The zero-order valence-corrected chi connectivity index (χ0v) is 11.0. The first-order valence-corrected chi connectivity index (χ1v) is 6.68. The standard InChI is InChI=1S/C15H16FNO3/c16-14-7-11(15-8-12(9-18)20-17-15)1-2-13(14)10-3-5-19-6-4-10/h1-3,7,12,18H,4-6,8-9H2/t12-/m1/s1. The van der Waals surface area contributed by atoms with Crippen molar-refractivity contribution in [3.8, 4) is 0 Å². The van der Waals surface area contributed by atoms with Crippen molar-refractivity contribution in [2.24, 2.45) is 5.16 Å². The summed E-state index contributed by atoms with van der Waals surface area (Å²) in [7, 11) is 0. The molecule has 2 aliphatic heterocycles. The maximum absolute atomic E-state index is 14.2. The van der Waals surface area contributed by atoms with E-state index in [0.717, 1.165) is 12.0 Å². The quantitative estimate of drug-likeness (QED) is 0.920. The molecule has 0 amide bonds. The van der Waals surface area contributed by atoms with Crippen molar-refractivity contribution in [3.05, 3.63) is 41.2 Å². The van der Waals surface area contributed by atoms with Crippen molar-refractivity contribution in [1.82, 2.24) is 0 Å². The topological polar surface area (TPSA) is 51.0 Å². The van der Waals surface area contributed by atoms with Crippen LogP contribution in [0.5, 0.6) is 0 Å². The monoisotopic (exact) mass is 277 g/mol. The number of ether oxygens (including phenoxy) is 1. The number of hydrogen-bond donors (Lipinski definition) is 1. The summed E-state index contributed by atoms with van der Waals surface area (Å²) in [6.07, 6.45) is 2.84. The Bertz CT molecular complexity index is 568. The minimum atomic E-state index is -0.314. The smallest absolute Gasteiger partial charge is 0.156 e. The summed E-state index contributed by atoms with van der Waals surface area (Å²) in [5.41, 5.74) is 2.98. The van der Waals surface area contributed by atoms with E-state index in [9.17, 15) is 4.39 Å². The molecule has 1 N–H and O–H groups in total. The lowest BCUT2D eigenvalue weighted by atomic mass is 9.97. The van der Waals surface area contributed by atoms with Gasteiger partial charge in [-0.3, -0.25) is 0 Å². The SMILES string of the molecule is OC[C@H]1CC(c2ccc(C3=CCOCC3)c(F)c2)=NO1. The lowest BCUT2D eigenvalue weighted by Crippen LogP contribution is -2.13. The zero-order chi connectivity index (χ0) is 13.9. The summed E-state index contributed by atoms with van der Waals surface area (Å²) >= 11 is 0. The fraction of sp³-hybridized carbons (Fsp3) is 0.400. The number of nitrogens with zero attached hydrogens (tertiary/aromatic N) is 1. The second-order valence-corrected chi connectivity index (χ2v) is 4.90. The highest BCUT2D eigenvalue weighted by molar-refractivity contribution is 6.01. The molecule has 1 aromatic carbocycles. The van der Waals surface area contributed by atoms with Gasteiger partial charge in [0.1, 0.15) is 5.82 Å². The highest BCUT2D eigenvalue weighted by Crippen LogP contribution is 2.26. The zero-order valence-electron chi connectivity index (χ0n) is 11.0. The van der Waals surface area contributed by atoms with Crippen LogP contribution in [0.4, 0.5) is 4.39 Å². The molecule has 0 saturated carbocycles. The maximum Gasteiger partial charge on any atom is 0.156 e. The Kier molecular flexibility index (Phi) is 3.80. The van der Waals surface area contributed by atoms with Gasteiger partial charge in [-0.15, -0.1) is 0 Å². The molecule has 1 atom stereocenters. The molecule has 2 aliphatic rings. The number of oxime groups is 1. The van der Waals surface area contributed by atoms with Gasteiger partial charge in [-0.05, 0) is 18.1 Å². The van der Waals surface area contributed by atoms with Gasteiger partial charge in [-0.2, -0.15) is 0 Å². The highest BCUT2D eigenvalue weighted by atomic mass is 19.1. The van der Waals surface area contributed by atoms with Crippen LogP contribution in [0.1, 0.15) is 24.0 Å². The molecule has 2 heterocycles. The summed E-state index contributed by atoms with van der Waals surface area (Å²) in [5.74, 6) is -0.259. The van der Waals surface area contributed by atoms with Crippen molar-refractivity contribution >= 4 is 11.3 Å². The van der Waals surface area contributed by atoms with Gasteiger partial charge in [0.15, 0.2) is 6.10 Å². The average molecular weight is 277 g/mol.